The number of amides is 1. The molecule has 2 fully saturated rings. The Balaban J connectivity index is 1.42. The first-order chi connectivity index (χ1) is 14.4. The molecular weight excluding hydrogens is 384 g/mol. The molecule has 0 bridgehead atoms. The molecule has 0 unspecified atom stereocenters. The average Bonchev–Trinajstić information content (AvgIpc) is 3.39. The van der Waals surface area contributed by atoms with Crippen molar-refractivity contribution in [3.05, 3.63) is 40.7 Å². The van der Waals surface area contributed by atoms with Crippen LogP contribution in [0.3, 0.4) is 0 Å². The zero-order chi connectivity index (χ0) is 20.9. The molecule has 1 amide bonds. The van der Waals surface area contributed by atoms with Crippen LogP contribution in [0.4, 0.5) is 0 Å². The standard InChI is InChI=1S/C21H28N6O3/c1-21(2,13-25-7-9-30-10-8-25)23-20(28)18-15-4-3-14-11-16(14)19(15)27(24-18)17-12-26(29)6-5-22-17/h5-6,12,14,16H,3-4,7-11,13H2,1-2H3,(H,23,28)/t14-,16+/m1/s1. The van der Waals surface area contributed by atoms with Crippen LogP contribution in [0.25, 0.3) is 5.82 Å². The van der Waals surface area contributed by atoms with Crippen LogP contribution in [0.15, 0.2) is 18.6 Å². The van der Waals surface area contributed by atoms with Gasteiger partial charge in [0.25, 0.3) is 5.91 Å². The van der Waals surface area contributed by atoms with E-state index in [1.165, 1.54) is 18.6 Å². The van der Waals surface area contributed by atoms with E-state index in [4.69, 9.17) is 4.74 Å². The molecule has 3 aliphatic rings. The summed E-state index contributed by atoms with van der Waals surface area (Å²) in [5.74, 6) is 1.37. The average molecular weight is 412 g/mol. The van der Waals surface area contributed by atoms with E-state index in [9.17, 15) is 10.0 Å². The summed E-state index contributed by atoms with van der Waals surface area (Å²) in [6.07, 6.45) is 7.27. The Hall–Kier alpha value is -2.52. The summed E-state index contributed by atoms with van der Waals surface area (Å²) in [5, 5.41) is 19.6. The first-order valence-corrected chi connectivity index (χ1v) is 10.7. The second-order valence-electron chi connectivity index (χ2n) is 9.27. The molecule has 2 aromatic rings. The topological polar surface area (TPSA) is 99.2 Å². The second-order valence-corrected chi connectivity index (χ2v) is 9.27. The highest BCUT2D eigenvalue weighted by Gasteiger charge is 2.47. The van der Waals surface area contributed by atoms with Gasteiger partial charge < -0.3 is 15.3 Å². The fraction of sp³-hybridized carbons (Fsp3) is 0.619. The van der Waals surface area contributed by atoms with Crippen molar-refractivity contribution in [1.29, 1.82) is 0 Å². The maximum Gasteiger partial charge on any atom is 0.272 e. The molecule has 1 saturated carbocycles. The Morgan fingerprint density at radius 2 is 2.20 bits per heavy atom. The first kappa shape index (κ1) is 19.4. The van der Waals surface area contributed by atoms with Crippen LogP contribution < -0.4 is 10.0 Å². The maximum absolute atomic E-state index is 13.3. The molecule has 0 spiro atoms. The van der Waals surface area contributed by atoms with E-state index in [0.29, 0.717) is 23.3 Å². The lowest BCUT2D eigenvalue weighted by Crippen LogP contribution is -2.53. The summed E-state index contributed by atoms with van der Waals surface area (Å²) in [6, 6.07) is 0. The minimum atomic E-state index is -0.398. The number of nitrogens with one attached hydrogen (secondary N) is 1. The maximum atomic E-state index is 13.3. The van der Waals surface area contributed by atoms with E-state index in [2.05, 4.69) is 20.3 Å². The normalized spacial score (nSPS) is 23.5. The molecule has 9 heteroatoms. The fourth-order valence-electron chi connectivity index (χ4n) is 4.88. The lowest BCUT2D eigenvalue weighted by Gasteiger charge is -2.35. The number of ether oxygens (including phenoxy) is 1. The minimum Gasteiger partial charge on any atom is -0.619 e. The van der Waals surface area contributed by atoms with Crippen LogP contribution in [-0.4, -0.2) is 64.0 Å². The summed E-state index contributed by atoms with van der Waals surface area (Å²) in [6.45, 7) is 8.05. The Labute approximate surface area is 175 Å². The number of carbonyl (C=O) groups excluding carboxylic acids is 1. The van der Waals surface area contributed by atoms with Crippen molar-refractivity contribution in [1.82, 2.24) is 25.0 Å². The van der Waals surface area contributed by atoms with Gasteiger partial charge in [-0.3, -0.25) is 9.69 Å². The smallest absolute Gasteiger partial charge is 0.272 e. The van der Waals surface area contributed by atoms with Crippen LogP contribution in [0.5, 0.6) is 0 Å². The highest BCUT2D eigenvalue weighted by Crippen LogP contribution is 2.55. The molecule has 9 nitrogen and oxygen atoms in total. The molecule has 1 aliphatic heterocycles. The monoisotopic (exact) mass is 412 g/mol. The van der Waals surface area contributed by atoms with Crippen molar-refractivity contribution in [3.8, 4) is 5.82 Å². The SMILES string of the molecule is CC(C)(CN1CCOCC1)NC(=O)c1nn(-c2c[n+]([O-])ccn2)c2c1CC[C@@H]1C[C@H]21. The second kappa shape index (κ2) is 7.31. The van der Waals surface area contributed by atoms with Crippen LogP contribution in [0, 0.1) is 11.1 Å². The number of hydrogen-bond acceptors (Lipinski definition) is 6. The molecule has 2 atom stereocenters. The molecule has 3 heterocycles. The van der Waals surface area contributed by atoms with Gasteiger partial charge in [-0.05, 0) is 39.0 Å². The summed E-state index contributed by atoms with van der Waals surface area (Å²) in [5.41, 5.74) is 2.14. The molecule has 1 saturated heterocycles. The van der Waals surface area contributed by atoms with E-state index in [1.54, 1.807) is 4.68 Å². The van der Waals surface area contributed by atoms with Gasteiger partial charge in [0.2, 0.25) is 12.0 Å². The van der Waals surface area contributed by atoms with Gasteiger partial charge in [0.1, 0.15) is 0 Å². The number of aromatic nitrogens is 4. The molecule has 5 rings (SSSR count). The van der Waals surface area contributed by atoms with E-state index in [0.717, 1.165) is 68.1 Å². The number of nitrogens with zero attached hydrogens (tertiary/aromatic N) is 5. The molecule has 2 aromatic heterocycles. The van der Waals surface area contributed by atoms with E-state index in [-0.39, 0.29) is 5.91 Å². The summed E-state index contributed by atoms with van der Waals surface area (Å²) < 4.78 is 7.86. The zero-order valence-electron chi connectivity index (χ0n) is 17.5. The largest absolute Gasteiger partial charge is 0.619 e. The van der Waals surface area contributed by atoms with Crippen molar-refractivity contribution in [2.24, 2.45) is 5.92 Å². The quantitative estimate of drug-likeness (QED) is 0.576. The van der Waals surface area contributed by atoms with Crippen LogP contribution >= 0.6 is 0 Å². The van der Waals surface area contributed by atoms with Gasteiger partial charge in [-0.2, -0.15) is 9.83 Å². The predicted octanol–water partition coefficient (Wildman–Crippen LogP) is 0.791. The molecule has 160 valence electrons. The predicted molar refractivity (Wildman–Crippen MR) is 108 cm³/mol. The summed E-state index contributed by atoms with van der Waals surface area (Å²) in [7, 11) is 0. The molecule has 1 N–H and O–H groups in total. The van der Waals surface area contributed by atoms with Gasteiger partial charge in [-0.25, -0.2) is 9.67 Å². The van der Waals surface area contributed by atoms with Crippen molar-refractivity contribution in [3.63, 3.8) is 0 Å². The molecule has 0 radical (unpaired) electrons. The Morgan fingerprint density at radius 1 is 1.40 bits per heavy atom. The molecule has 30 heavy (non-hydrogen) atoms. The number of rotatable bonds is 5. The first-order valence-electron chi connectivity index (χ1n) is 10.7. The number of morpholine rings is 1. The van der Waals surface area contributed by atoms with E-state index >= 15 is 0 Å². The Kier molecular flexibility index (Phi) is 4.74. The van der Waals surface area contributed by atoms with Crippen molar-refractivity contribution >= 4 is 5.91 Å². The number of hydrogen-bond donors (Lipinski definition) is 1. The summed E-state index contributed by atoms with van der Waals surface area (Å²) in [4.78, 5) is 19.9. The Morgan fingerprint density at radius 3 is 2.97 bits per heavy atom. The van der Waals surface area contributed by atoms with Crippen LogP contribution in [0.2, 0.25) is 0 Å². The minimum absolute atomic E-state index is 0.159. The third-order valence-corrected chi connectivity index (χ3v) is 6.33. The van der Waals surface area contributed by atoms with Gasteiger partial charge in [0.05, 0.1) is 25.1 Å². The highest BCUT2D eigenvalue weighted by atomic mass is 16.5. The zero-order valence-corrected chi connectivity index (χ0v) is 17.5. The molecule has 2 aliphatic carbocycles. The third kappa shape index (κ3) is 3.67. The van der Waals surface area contributed by atoms with Crippen molar-refractivity contribution < 1.29 is 14.3 Å². The molecular formula is C21H28N6O3. The van der Waals surface area contributed by atoms with Crippen molar-refractivity contribution in [2.75, 3.05) is 32.8 Å². The Bertz CT molecular complexity index is 966. The van der Waals surface area contributed by atoms with E-state index in [1.807, 2.05) is 13.8 Å². The van der Waals surface area contributed by atoms with Gasteiger partial charge in [0, 0.05) is 36.7 Å². The van der Waals surface area contributed by atoms with Crippen LogP contribution in [-0.2, 0) is 11.2 Å². The number of fused-ring (bicyclic) bond motifs is 3. The lowest BCUT2D eigenvalue weighted by molar-refractivity contribution is -0.605. The molecule has 0 aromatic carbocycles. The van der Waals surface area contributed by atoms with Gasteiger partial charge in [-0.1, -0.05) is 0 Å². The van der Waals surface area contributed by atoms with Crippen molar-refractivity contribution in [2.45, 2.75) is 44.6 Å². The van der Waals surface area contributed by atoms with Gasteiger partial charge >= 0.3 is 0 Å². The summed E-state index contributed by atoms with van der Waals surface area (Å²) >= 11 is 0. The van der Waals surface area contributed by atoms with Gasteiger partial charge in [-0.15, -0.1) is 0 Å². The third-order valence-electron chi connectivity index (χ3n) is 6.33. The van der Waals surface area contributed by atoms with E-state index < -0.39 is 5.54 Å². The van der Waals surface area contributed by atoms with Crippen LogP contribution in [0.1, 0.15) is 54.4 Å². The van der Waals surface area contributed by atoms with Gasteiger partial charge in [0.15, 0.2) is 11.9 Å². The highest BCUT2D eigenvalue weighted by molar-refractivity contribution is 5.94. The lowest BCUT2D eigenvalue weighted by atomic mass is 9.95. The number of carbonyl (C=O) groups is 1. The fourth-order valence-corrected chi connectivity index (χ4v) is 4.88.